The highest BCUT2D eigenvalue weighted by atomic mass is 14.9. The average molecular weight is 973 g/mol. The van der Waals surface area contributed by atoms with Crippen molar-refractivity contribution in [3.8, 4) is 22.3 Å². The number of fused-ring (bicyclic) bond motifs is 16. The molecule has 0 bridgehead atoms. The SMILES string of the molecule is CC(C)(C)c1cc(-c2ccc3c4c5c6cc7c(cc6n6c8cc(-c9cc(C(C)(C)C)cc(C(C)(C)C)c9)ccc8c(c8c9cc%10c(cc9n(c3c2)c48)C(C)(C)CC%10(C)C)c56)C(C)(C)CC7(C)C)cc(C(C)(C)C)c1. The first kappa shape index (κ1) is 47.8. The maximum Gasteiger partial charge on any atom is 0.0634 e. The molecule has 13 rings (SSSR count). The van der Waals surface area contributed by atoms with Gasteiger partial charge in [0.2, 0.25) is 0 Å². The molecule has 4 aromatic heterocycles. The Morgan fingerprint density at radius 2 is 0.568 bits per heavy atom. The fourth-order valence-corrected chi connectivity index (χ4v) is 15.3. The smallest absolute Gasteiger partial charge is 0.0634 e. The van der Waals surface area contributed by atoms with Gasteiger partial charge >= 0.3 is 0 Å². The third kappa shape index (κ3) is 6.48. The number of benzene rings is 7. The molecule has 0 fully saturated rings. The Bertz CT molecular complexity index is 3910. The molecule has 0 unspecified atom stereocenters. The molecule has 0 spiro atoms. The Hall–Kier alpha value is -5.86. The first-order valence-corrected chi connectivity index (χ1v) is 28.0. The third-order valence-corrected chi connectivity index (χ3v) is 18.9. The summed E-state index contributed by atoms with van der Waals surface area (Å²) in [7, 11) is 0. The van der Waals surface area contributed by atoms with Crippen LogP contribution >= 0.6 is 0 Å². The van der Waals surface area contributed by atoms with E-state index in [0.717, 1.165) is 12.8 Å². The summed E-state index contributed by atoms with van der Waals surface area (Å²) in [5, 5.41) is 11.1. The molecule has 378 valence electrons. The minimum absolute atomic E-state index is 0.0174. The van der Waals surface area contributed by atoms with Crippen LogP contribution in [0.3, 0.4) is 0 Å². The number of aromatic nitrogens is 2. The average Bonchev–Trinajstić information content (AvgIpc) is 4.08. The topological polar surface area (TPSA) is 8.82 Å². The minimum Gasteiger partial charge on any atom is -0.308 e. The largest absolute Gasteiger partial charge is 0.308 e. The van der Waals surface area contributed by atoms with Crippen molar-refractivity contribution in [2.75, 3.05) is 0 Å². The van der Waals surface area contributed by atoms with Gasteiger partial charge in [-0.3, -0.25) is 0 Å². The fourth-order valence-electron chi connectivity index (χ4n) is 15.3. The van der Waals surface area contributed by atoms with Crippen molar-refractivity contribution >= 4 is 76.2 Å². The van der Waals surface area contributed by atoms with Crippen molar-refractivity contribution in [2.24, 2.45) is 0 Å². The molecular formula is C72H80N2. The molecule has 2 aliphatic rings. The monoisotopic (exact) mass is 973 g/mol. The lowest BCUT2D eigenvalue weighted by Crippen LogP contribution is -2.18. The van der Waals surface area contributed by atoms with Gasteiger partial charge in [0.15, 0.2) is 0 Å². The third-order valence-electron chi connectivity index (χ3n) is 18.9. The summed E-state index contributed by atoms with van der Waals surface area (Å²) < 4.78 is 5.47. The Kier molecular flexibility index (Phi) is 9.14. The Balaban J connectivity index is 1.24. The Morgan fingerprint density at radius 3 is 0.865 bits per heavy atom. The molecule has 0 atom stereocenters. The number of nitrogens with zero attached hydrogens (tertiary/aromatic N) is 2. The van der Waals surface area contributed by atoms with E-state index in [4.69, 9.17) is 0 Å². The molecule has 0 aliphatic heterocycles. The van der Waals surface area contributed by atoms with E-state index in [1.165, 1.54) is 143 Å². The van der Waals surface area contributed by atoms with Crippen LogP contribution in [-0.2, 0) is 43.3 Å². The zero-order valence-electron chi connectivity index (χ0n) is 48.5. The molecule has 74 heavy (non-hydrogen) atoms. The Morgan fingerprint density at radius 1 is 0.297 bits per heavy atom. The highest BCUT2D eigenvalue weighted by molar-refractivity contribution is 6.45. The van der Waals surface area contributed by atoms with Crippen LogP contribution in [0, 0.1) is 0 Å². The normalized spacial score (nSPS) is 17.8. The number of hydrogen-bond donors (Lipinski definition) is 0. The van der Waals surface area contributed by atoms with E-state index in [1.54, 1.807) is 0 Å². The van der Waals surface area contributed by atoms with E-state index in [2.05, 4.69) is 244 Å². The van der Waals surface area contributed by atoms with Gasteiger partial charge in [-0.2, -0.15) is 0 Å². The second kappa shape index (κ2) is 14.1. The molecule has 0 saturated carbocycles. The molecule has 2 nitrogen and oxygen atoms in total. The molecule has 0 saturated heterocycles. The van der Waals surface area contributed by atoms with Crippen LogP contribution in [0.15, 0.2) is 97.1 Å². The minimum atomic E-state index is 0.0174. The predicted molar refractivity (Wildman–Crippen MR) is 323 cm³/mol. The molecule has 2 aliphatic carbocycles. The summed E-state index contributed by atoms with van der Waals surface area (Å²) in [6.07, 6.45) is 2.27. The van der Waals surface area contributed by atoms with E-state index < -0.39 is 0 Å². The molecule has 7 aromatic carbocycles. The van der Waals surface area contributed by atoms with Crippen LogP contribution in [0.4, 0.5) is 0 Å². The summed E-state index contributed by atoms with van der Waals surface area (Å²) in [6, 6.07) is 40.4. The van der Waals surface area contributed by atoms with Gasteiger partial charge in [-0.1, -0.05) is 199 Å². The van der Waals surface area contributed by atoms with Crippen molar-refractivity contribution in [3.05, 3.63) is 142 Å². The van der Waals surface area contributed by atoms with Gasteiger partial charge < -0.3 is 8.80 Å². The van der Waals surface area contributed by atoms with Gasteiger partial charge in [-0.15, -0.1) is 0 Å². The van der Waals surface area contributed by atoms with Crippen LogP contribution in [-0.4, -0.2) is 8.80 Å². The maximum atomic E-state index is 2.73. The van der Waals surface area contributed by atoms with Gasteiger partial charge in [-0.05, 0) is 159 Å². The molecule has 2 heteroatoms. The van der Waals surface area contributed by atoms with Crippen molar-refractivity contribution in [3.63, 3.8) is 0 Å². The van der Waals surface area contributed by atoms with Gasteiger partial charge in [0, 0.05) is 43.1 Å². The fraction of sp³-hybridized carbons (Fsp3) is 0.417. The maximum absolute atomic E-state index is 2.73. The second-order valence-electron chi connectivity index (χ2n) is 30.6. The standard InChI is InChI=1S/C72H80N2/c1-65(2,3)43-25-41(26-44(31-43)66(4,5)6)39-21-23-47-55(29-39)73-57-35-53-51(69(13,14)37-71(53,17)18)33-49(57)62-60-48-24-22-40(42-27-45(67(7,8)9)32-46(28-42)68(10,11)12)30-56(48)74-58-36-54-52(70(15,16)38-72(54,19)20)34-50(58)61(64(60)74)59(47)63(62)73/h21-36H,37-38H2,1-20H3. The van der Waals surface area contributed by atoms with Gasteiger partial charge in [0.05, 0.1) is 33.1 Å². The molecule has 0 amide bonds. The van der Waals surface area contributed by atoms with E-state index in [-0.39, 0.29) is 43.3 Å². The van der Waals surface area contributed by atoms with Crippen LogP contribution in [0.2, 0.25) is 0 Å². The lowest BCUT2D eigenvalue weighted by Gasteiger charge is -2.26. The van der Waals surface area contributed by atoms with E-state index in [9.17, 15) is 0 Å². The highest BCUT2D eigenvalue weighted by Crippen LogP contribution is 2.58. The first-order chi connectivity index (χ1) is 34.2. The molecule has 4 heterocycles. The number of rotatable bonds is 2. The van der Waals surface area contributed by atoms with Crippen LogP contribution in [0.5, 0.6) is 0 Å². The van der Waals surface area contributed by atoms with Crippen LogP contribution in [0.1, 0.15) is 196 Å². The quantitative estimate of drug-likeness (QED) is 0.163. The van der Waals surface area contributed by atoms with Crippen LogP contribution < -0.4 is 0 Å². The predicted octanol–water partition coefficient (Wildman–Crippen LogP) is 20.4. The molecule has 0 N–H and O–H groups in total. The van der Waals surface area contributed by atoms with Crippen molar-refractivity contribution in [1.29, 1.82) is 0 Å². The van der Waals surface area contributed by atoms with Crippen LogP contribution in [0.25, 0.3) is 98.4 Å². The van der Waals surface area contributed by atoms with Gasteiger partial charge in [0.1, 0.15) is 0 Å². The lowest BCUT2D eigenvalue weighted by molar-refractivity contribution is 0.403. The summed E-state index contributed by atoms with van der Waals surface area (Å²) in [5.74, 6) is 0. The van der Waals surface area contributed by atoms with E-state index >= 15 is 0 Å². The van der Waals surface area contributed by atoms with E-state index in [1.807, 2.05) is 0 Å². The first-order valence-electron chi connectivity index (χ1n) is 28.0. The van der Waals surface area contributed by atoms with Gasteiger partial charge in [0.25, 0.3) is 0 Å². The summed E-state index contributed by atoms with van der Waals surface area (Å²) >= 11 is 0. The zero-order chi connectivity index (χ0) is 52.9. The van der Waals surface area contributed by atoms with E-state index in [0.29, 0.717) is 0 Å². The summed E-state index contributed by atoms with van der Waals surface area (Å²) in [6.45, 7) is 48.1. The zero-order valence-corrected chi connectivity index (χ0v) is 48.5. The second-order valence-corrected chi connectivity index (χ2v) is 30.6. The lowest BCUT2D eigenvalue weighted by atomic mass is 9.79. The summed E-state index contributed by atoms with van der Waals surface area (Å²) in [4.78, 5) is 0. The molecular weight excluding hydrogens is 893 g/mol. The van der Waals surface area contributed by atoms with Crippen molar-refractivity contribution < 1.29 is 0 Å². The van der Waals surface area contributed by atoms with Crippen molar-refractivity contribution in [1.82, 2.24) is 8.80 Å². The van der Waals surface area contributed by atoms with Gasteiger partial charge in [-0.25, -0.2) is 0 Å². The highest BCUT2D eigenvalue weighted by Gasteiger charge is 2.45. The molecule has 0 radical (unpaired) electrons. The van der Waals surface area contributed by atoms with Crippen molar-refractivity contribution in [2.45, 2.75) is 195 Å². The summed E-state index contributed by atoms with van der Waals surface area (Å²) in [5.41, 5.74) is 25.0. The number of hydrogen-bond acceptors (Lipinski definition) is 0. The Labute approximate surface area is 441 Å². The molecule has 11 aromatic rings.